The lowest BCUT2D eigenvalue weighted by Crippen LogP contribution is -2.29. The maximum Gasteiger partial charge on any atom is 0.248 e. The monoisotopic (exact) mass is 478 g/mol. The van der Waals surface area contributed by atoms with E-state index in [9.17, 15) is 4.79 Å². The molecule has 1 amide bonds. The van der Waals surface area contributed by atoms with Crippen LogP contribution >= 0.6 is 11.6 Å². The fraction of sp³-hybridized carbons (Fsp3) is 0.367. The Morgan fingerprint density at radius 1 is 0.941 bits per heavy atom. The third-order valence-electron chi connectivity index (χ3n) is 6.35. The van der Waals surface area contributed by atoms with Crippen LogP contribution in [0.2, 0.25) is 5.02 Å². The fourth-order valence-corrected chi connectivity index (χ4v) is 4.20. The Morgan fingerprint density at radius 3 is 1.88 bits per heavy atom. The molecule has 1 aliphatic rings. The van der Waals surface area contributed by atoms with Gasteiger partial charge in [-0.2, -0.15) is 0 Å². The van der Waals surface area contributed by atoms with Crippen LogP contribution in [-0.2, 0) is 12.8 Å². The summed E-state index contributed by atoms with van der Waals surface area (Å²) in [6.45, 7) is 10.3. The first-order valence-corrected chi connectivity index (χ1v) is 12.7. The van der Waals surface area contributed by atoms with Crippen molar-refractivity contribution >= 4 is 17.5 Å². The summed E-state index contributed by atoms with van der Waals surface area (Å²) in [7, 11) is 0. The van der Waals surface area contributed by atoms with Crippen LogP contribution in [0.15, 0.2) is 78.9 Å². The number of nitrogens with zero attached hydrogens (tertiary/aromatic N) is 1. The van der Waals surface area contributed by atoms with E-state index >= 15 is 0 Å². The second-order valence-electron chi connectivity index (χ2n) is 8.71. The molecule has 0 aliphatic carbocycles. The summed E-state index contributed by atoms with van der Waals surface area (Å²) in [4.78, 5) is 13.0. The van der Waals surface area contributed by atoms with E-state index in [4.69, 9.17) is 17.3 Å². The van der Waals surface area contributed by atoms with Gasteiger partial charge in [0.25, 0.3) is 0 Å². The fourth-order valence-electron chi connectivity index (χ4n) is 4.08. The molecule has 3 aromatic rings. The van der Waals surface area contributed by atoms with E-state index < -0.39 is 0 Å². The molecule has 3 nitrogen and oxygen atoms in total. The molecule has 3 aromatic carbocycles. The van der Waals surface area contributed by atoms with E-state index in [1.807, 2.05) is 30.3 Å². The van der Waals surface area contributed by atoms with Crippen molar-refractivity contribution in [3.63, 3.8) is 0 Å². The highest BCUT2D eigenvalue weighted by molar-refractivity contribution is 6.30. The van der Waals surface area contributed by atoms with Gasteiger partial charge in [-0.15, -0.1) is 0 Å². The van der Waals surface area contributed by atoms with Gasteiger partial charge < -0.3 is 5.73 Å². The van der Waals surface area contributed by atoms with Gasteiger partial charge in [0.2, 0.25) is 5.91 Å². The third kappa shape index (κ3) is 8.96. The number of hydrogen-bond donors (Lipinski definition) is 1. The largest absolute Gasteiger partial charge is 0.366 e. The minimum absolute atomic E-state index is 0.379. The zero-order valence-corrected chi connectivity index (χ0v) is 21.8. The minimum Gasteiger partial charge on any atom is -0.366 e. The van der Waals surface area contributed by atoms with Crippen molar-refractivity contribution in [2.45, 2.75) is 65.5 Å². The number of aryl methyl sites for hydroxylation is 2. The molecular weight excluding hydrogens is 440 g/mol. The second kappa shape index (κ2) is 14.6. The van der Waals surface area contributed by atoms with Crippen LogP contribution in [0.5, 0.6) is 0 Å². The van der Waals surface area contributed by atoms with E-state index in [2.05, 4.69) is 56.9 Å². The Kier molecular flexibility index (Phi) is 11.9. The molecule has 1 heterocycles. The van der Waals surface area contributed by atoms with E-state index in [-0.39, 0.29) is 5.91 Å². The molecule has 0 spiro atoms. The molecule has 2 atom stereocenters. The van der Waals surface area contributed by atoms with Gasteiger partial charge in [-0.3, -0.25) is 9.69 Å². The number of rotatable bonds is 5. The van der Waals surface area contributed by atoms with Crippen molar-refractivity contribution in [2.24, 2.45) is 5.73 Å². The SMILES string of the molecule is CCc1ccc(C(C)N2CCCC2C)cc1.CCc1ccc(Cl)cc1.NC(=O)c1ccccc1. The van der Waals surface area contributed by atoms with E-state index in [0.29, 0.717) is 11.6 Å². The number of likely N-dealkylation sites (tertiary alicyclic amines) is 1. The van der Waals surface area contributed by atoms with Crippen molar-refractivity contribution in [2.75, 3.05) is 6.54 Å². The summed E-state index contributed by atoms with van der Waals surface area (Å²) >= 11 is 5.67. The normalized spacial score (nSPS) is 16.0. The van der Waals surface area contributed by atoms with Gasteiger partial charge in [-0.1, -0.05) is 80.0 Å². The first-order valence-electron chi connectivity index (χ1n) is 12.3. The van der Waals surface area contributed by atoms with Gasteiger partial charge in [0.1, 0.15) is 0 Å². The smallest absolute Gasteiger partial charge is 0.248 e. The topological polar surface area (TPSA) is 46.3 Å². The number of nitrogens with two attached hydrogens (primary N) is 1. The lowest BCUT2D eigenvalue weighted by molar-refractivity contribution is 0.100. The Bertz CT molecular complexity index is 971. The molecule has 34 heavy (non-hydrogen) atoms. The summed E-state index contributed by atoms with van der Waals surface area (Å²) < 4.78 is 0. The molecule has 1 fully saturated rings. The highest BCUT2D eigenvalue weighted by Crippen LogP contribution is 2.28. The molecule has 4 rings (SSSR count). The number of primary amides is 1. The predicted molar refractivity (Wildman–Crippen MR) is 145 cm³/mol. The summed E-state index contributed by atoms with van der Waals surface area (Å²) in [5.74, 6) is -0.379. The zero-order chi connectivity index (χ0) is 24.9. The predicted octanol–water partition coefficient (Wildman–Crippen LogP) is 7.48. The van der Waals surface area contributed by atoms with Gasteiger partial charge in [-0.05, 0) is 87.0 Å². The molecule has 2 N–H and O–H groups in total. The molecule has 0 saturated carbocycles. The molecule has 0 aromatic heterocycles. The maximum absolute atomic E-state index is 10.4. The third-order valence-corrected chi connectivity index (χ3v) is 6.60. The second-order valence-corrected chi connectivity index (χ2v) is 9.15. The number of halogens is 1. The molecule has 2 unspecified atom stereocenters. The number of carbonyl (C=O) groups excluding carboxylic acids is 1. The first-order chi connectivity index (χ1) is 16.3. The average Bonchev–Trinajstić information content (AvgIpc) is 3.31. The van der Waals surface area contributed by atoms with Crippen molar-refractivity contribution < 1.29 is 4.79 Å². The van der Waals surface area contributed by atoms with Crippen LogP contribution in [0.25, 0.3) is 0 Å². The molecule has 4 heteroatoms. The van der Waals surface area contributed by atoms with Crippen LogP contribution in [0, 0.1) is 0 Å². The Labute approximate surface area is 210 Å². The molecule has 1 saturated heterocycles. The van der Waals surface area contributed by atoms with E-state index in [1.54, 1.807) is 24.3 Å². The van der Waals surface area contributed by atoms with Crippen LogP contribution in [0.3, 0.4) is 0 Å². The van der Waals surface area contributed by atoms with Crippen molar-refractivity contribution in [1.29, 1.82) is 0 Å². The van der Waals surface area contributed by atoms with Gasteiger partial charge in [0.05, 0.1) is 0 Å². The van der Waals surface area contributed by atoms with Gasteiger partial charge in [-0.25, -0.2) is 0 Å². The Morgan fingerprint density at radius 2 is 1.47 bits per heavy atom. The lowest BCUT2D eigenvalue weighted by Gasteiger charge is -2.28. The standard InChI is InChI=1S/C15H23N.C8H9Cl.C7H7NO/c1-4-14-7-9-15(10-8-14)13(3)16-11-5-6-12(16)2;1-2-7-3-5-8(9)6-4-7;8-7(9)6-4-2-1-3-5-6/h7-10,12-13H,4-6,11H2,1-3H3;3-6H,2H2,1H3;1-5H,(H2,8,9). The number of carbonyl (C=O) groups is 1. The molecule has 0 bridgehead atoms. The molecule has 182 valence electrons. The summed E-state index contributed by atoms with van der Waals surface area (Å²) in [5, 5.41) is 0.812. The average molecular weight is 479 g/mol. The van der Waals surface area contributed by atoms with E-state index in [1.165, 1.54) is 36.1 Å². The van der Waals surface area contributed by atoms with Gasteiger partial charge in [0, 0.05) is 22.7 Å². The lowest BCUT2D eigenvalue weighted by atomic mass is 10.0. The van der Waals surface area contributed by atoms with Crippen LogP contribution in [-0.4, -0.2) is 23.4 Å². The Hall–Kier alpha value is -2.62. The van der Waals surface area contributed by atoms with Crippen molar-refractivity contribution in [3.8, 4) is 0 Å². The number of amides is 1. The minimum atomic E-state index is -0.379. The van der Waals surface area contributed by atoms with Crippen LogP contribution < -0.4 is 5.73 Å². The van der Waals surface area contributed by atoms with Crippen molar-refractivity contribution in [3.05, 3.63) is 106 Å². The zero-order valence-electron chi connectivity index (χ0n) is 21.0. The first kappa shape index (κ1) is 27.6. The molecule has 0 radical (unpaired) electrons. The highest BCUT2D eigenvalue weighted by Gasteiger charge is 2.25. The quantitative estimate of drug-likeness (QED) is 0.413. The summed E-state index contributed by atoms with van der Waals surface area (Å²) in [5.41, 5.74) is 9.76. The van der Waals surface area contributed by atoms with Gasteiger partial charge in [0.15, 0.2) is 0 Å². The Balaban J connectivity index is 0.000000194. The summed E-state index contributed by atoms with van der Waals surface area (Å²) in [6, 6.07) is 27.1. The number of hydrogen-bond acceptors (Lipinski definition) is 2. The molecule has 1 aliphatic heterocycles. The maximum atomic E-state index is 10.4. The van der Waals surface area contributed by atoms with E-state index in [0.717, 1.165) is 23.9 Å². The van der Waals surface area contributed by atoms with Gasteiger partial charge >= 0.3 is 0 Å². The number of benzene rings is 3. The van der Waals surface area contributed by atoms with Crippen molar-refractivity contribution in [1.82, 2.24) is 4.90 Å². The summed E-state index contributed by atoms with van der Waals surface area (Å²) in [6.07, 6.45) is 4.93. The molecular formula is C30H39ClN2O. The van der Waals surface area contributed by atoms with Crippen LogP contribution in [0.1, 0.15) is 73.6 Å². The van der Waals surface area contributed by atoms with Crippen LogP contribution in [0.4, 0.5) is 0 Å². The highest BCUT2D eigenvalue weighted by atomic mass is 35.5.